The van der Waals surface area contributed by atoms with Crippen LogP contribution in [-0.2, 0) is 4.79 Å². The number of hydrogen-bond donors (Lipinski definition) is 2. The second kappa shape index (κ2) is 6.70. The van der Waals surface area contributed by atoms with Crippen molar-refractivity contribution in [2.45, 2.75) is 25.6 Å². The van der Waals surface area contributed by atoms with Crippen molar-refractivity contribution in [1.82, 2.24) is 10.2 Å². The number of carboxylic acids is 1. The third-order valence-corrected chi connectivity index (χ3v) is 2.00. The number of nitrogens with zero attached hydrogens (tertiary/aromatic N) is 1. The molecule has 0 aromatic heterocycles. The first-order valence-electron chi connectivity index (χ1n) is 4.97. The maximum atomic E-state index is 12.0. The predicted octanol–water partition coefficient (Wildman–Crippen LogP) is 0.933. The third kappa shape index (κ3) is 7.47. The largest absolute Gasteiger partial charge is 0.480 e. The SMILES string of the molecule is CCNC(CCN(C)CC(F)(F)F)C(=O)O. The van der Waals surface area contributed by atoms with Gasteiger partial charge in [0, 0.05) is 6.54 Å². The van der Waals surface area contributed by atoms with Crippen molar-refractivity contribution in [3.63, 3.8) is 0 Å². The first-order valence-corrected chi connectivity index (χ1v) is 4.97. The molecule has 0 saturated heterocycles. The summed E-state index contributed by atoms with van der Waals surface area (Å²) in [4.78, 5) is 11.7. The Hall–Kier alpha value is -0.820. The molecule has 0 bridgehead atoms. The molecule has 1 unspecified atom stereocenters. The lowest BCUT2D eigenvalue weighted by Crippen LogP contribution is -2.40. The Kier molecular flexibility index (Phi) is 6.35. The molecule has 7 heteroatoms. The van der Waals surface area contributed by atoms with E-state index >= 15 is 0 Å². The number of rotatable bonds is 7. The molecule has 1 atom stereocenters. The number of nitrogens with one attached hydrogen (secondary N) is 1. The Balaban J connectivity index is 3.96. The first kappa shape index (κ1) is 15.2. The van der Waals surface area contributed by atoms with Crippen LogP contribution in [0.5, 0.6) is 0 Å². The summed E-state index contributed by atoms with van der Waals surface area (Å²) in [6.45, 7) is 1.28. The molecule has 0 saturated carbocycles. The Morgan fingerprint density at radius 2 is 2.06 bits per heavy atom. The number of carboxylic acid groups (broad SMARTS) is 1. The third-order valence-electron chi connectivity index (χ3n) is 2.00. The molecule has 0 heterocycles. The van der Waals surface area contributed by atoms with Crippen LogP contribution in [0.2, 0.25) is 0 Å². The Labute approximate surface area is 92.4 Å². The molecule has 0 aliphatic rings. The van der Waals surface area contributed by atoms with Gasteiger partial charge in [0.15, 0.2) is 0 Å². The molecule has 0 spiro atoms. The standard InChI is InChI=1S/C9H17F3N2O2/c1-3-13-7(8(15)16)4-5-14(2)6-9(10,11)12/h7,13H,3-6H2,1-2H3,(H,15,16). The molecule has 0 aromatic carbocycles. The van der Waals surface area contributed by atoms with Gasteiger partial charge in [0.25, 0.3) is 0 Å². The summed E-state index contributed by atoms with van der Waals surface area (Å²) >= 11 is 0. The van der Waals surface area contributed by atoms with E-state index in [0.29, 0.717) is 6.54 Å². The smallest absolute Gasteiger partial charge is 0.401 e. The number of alkyl halides is 3. The Bertz CT molecular complexity index is 221. The molecule has 0 rings (SSSR count). The summed E-state index contributed by atoms with van der Waals surface area (Å²) in [7, 11) is 1.32. The van der Waals surface area contributed by atoms with Crippen molar-refractivity contribution in [1.29, 1.82) is 0 Å². The van der Waals surface area contributed by atoms with Crippen LogP contribution in [0.4, 0.5) is 13.2 Å². The van der Waals surface area contributed by atoms with Gasteiger partial charge in [0.2, 0.25) is 0 Å². The quantitative estimate of drug-likeness (QED) is 0.697. The van der Waals surface area contributed by atoms with Crippen molar-refractivity contribution < 1.29 is 23.1 Å². The van der Waals surface area contributed by atoms with Crippen molar-refractivity contribution in [3.05, 3.63) is 0 Å². The predicted molar refractivity (Wildman–Crippen MR) is 53.3 cm³/mol. The monoisotopic (exact) mass is 242 g/mol. The normalized spacial score (nSPS) is 14.1. The van der Waals surface area contributed by atoms with Crippen LogP contribution in [0.25, 0.3) is 0 Å². The van der Waals surface area contributed by atoms with Crippen LogP contribution in [0.3, 0.4) is 0 Å². The second-order valence-corrected chi connectivity index (χ2v) is 3.59. The Morgan fingerprint density at radius 1 is 1.50 bits per heavy atom. The number of carbonyl (C=O) groups is 1. The van der Waals surface area contributed by atoms with Crippen LogP contribution < -0.4 is 5.32 Å². The zero-order valence-electron chi connectivity index (χ0n) is 9.34. The second-order valence-electron chi connectivity index (χ2n) is 3.59. The summed E-state index contributed by atoms with van der Waals surface area (Å²) in [6, 6.07) is -0.791. The number of aliphatic carboxylic acids is 1. The van der Waals surface area contributed by atoms with Crippen molar-refractivity contribution in [3.8, 4) is 0 Å². The number of likely N-dealkylation sites (N-methyl/N-ethyl adjacent to an activating group) is 1. The van der Waals surface area contributed by atoms with Crippen LogP contribution in [-0.4, -0.2) is 54.9 Å². The van der Waals surface area contributed by atoms with Crippen LogP contribution in [0.15, 0.2) is 0 Å². The van der Waals surface area contributed by atoms with Gasteiger partial charge in [-0.05, 0) is 20.0 Å². The van der Waals surface area contributed by atoms with Gasteiger partial charge in [-0.15, -0.1) is 0 Å². The van der Waals surface area contributed by atoms with E-state index in [1.807, 2.05) is 0 Å². The van der Waals surface area contributed by atoms with Gasteiger partial charge in [0.1, 0.15) is 6.04 Å². The molecular weight excluding hydrogens is 225 g/mol. The van der Waals surface area contributed by atoms with E-state index in [4.69, 9.17) is 5.11 Å². The molecule has 4 nitrogen and oxygen atoms in total. The van der Waals surface area contributed by atoms with Gasteiger partial charge < -0.3 is 10.4 Å². The minimum atomic E-state index is -4.24. The Morgan fingerprint density at radius 3 is 2.44 bits per heavy atom. The molecule has 0 aliphatic heterocycles. The lowest BCUT2D eigenvalue weighted by Gasteiger charge is -2.20. The van der Waals surface area contributed by atoms with Crippen molar-refractivity contribution in [2.75, 3.05) is 26.7 Å². The van der Waals surface area contributed by atoms with Crippen molar-refractivity contribution in [2.24, 2.45) is 0 Å². The van der Waals surface area contributed by atoms with Crippen LogP contribution in [0.1, 0.15) is 13.3 Å². The van der Waals surface area contributed by atoms with Gasteiger partial charge in [-0.3, -0.25) is 9.69 Å². The average molecular weight is 242 g/mol. The molecule has 0 radical (unpaired) electrons. The fourth-order valence-corrected chi connectivity index (χ4v) is 1.29. The lowest BCUT2D eigenvalue weighted by atomic mass is 10.2. The van der Waals surface area contributed by atoms with Gasteiger partial charge in [-0.25, -0.2) is 0 Å². The van der Waals surface area contributed by atoms with Gasteiger partial charge in [-0.2, -0.15) is 13.2 Å². The fraction of sp³-hybridized carbons (Fsp3) is 0.889. The summed E-state index contributed by atoms with van der Waals surface area (Å²) in [5.74, 6) is -1.04. The minimum absolute atomic E-state index is 0.0868. The summed E-state index contributed by atoms with van der Waals surface area (Å²) in [6.07, 6.45) is -4.10. The maximum absolute atomic E-state index is 12.0. The van der Waals surface area contributed by atoms with E-state index in [9.17, 15) is 18.0 Å². The molecule has 0 aliphatic carbocycles. The van der Waals surface area contributed by atoms with Crippen LogP contribution >= 0.6 is 0 Å². The lowest BCUT2D eigenvalue weighted by molar-refractivity contribution is -0.144. The summed E-state index contributed by atoms with van der Waals surface area (Å²) in [5, 5.41) is 11.4. The summed E-state index contributed by atoms with van der Waals surface area (Å²) in [5.41, 5.74) is 0. The van der Waals surface area contributed by atoms with Gasteiger partial charge in [-0.1, -0.05) is 6.92 Å². The van der Waals surface area contributed by atoms with Crippen LogP contribution in [0, 0.1) is 0 Å². The molecule has 0 amide bonds. The maximum Gasteiger partial charge on any atom is 0.401 e. The zero-order valence-corrected chi connectivity index (χ0v) is 9.34. The molecule has 16 heavy (non-hydrogen) atoms. The van der Waals surface area contributed by atoms with E-state index < -0.39 is 24.7 Å². The van der Waals surface area contributed by atoms with Gasteiger partial charge in [0.05, 0.1) is 6.54 Å². The van der Waals surface area contributed by atoms with E-state index in [0.717, 1.165) is 4.90 Å². The number of halogens is 3. The highest BCUT2D eigenvalue weighted by Crippen LogP contribution is 2.15. The van der Waals surface area contributed by atoms with Crippen molar-refractivity contribution >= 4 is 5.97 Å². The van der Waals surface area contributed by atoms with E-state index in [2.05, 4.69) is 5.32 Å². The highest BCUT2D eigenvalue weighted by Gasteiger charge is 2.29. The number of hydrogen-bond acceptors (Lipinski definition) is 3. The van der Waals surface area contributed by atoms with E-state index in [1.165, 1.54) is 7.05 Å². The molecule has 96 valence electrons. The topological polar surface area (TPSA) is 52.6 Å². The van der Waals surface area contributed by atoms with Gasteiger partial charge >= 0.3 is 12.1 Å². The average Bonchev–Trinajstić information content (AvgIpc) is 2.08. The minimum Gasteiger partial charge on any atom is -0.480 e. The molecule has 2 N–H and O–H groups in total. The first-order chi connectivity index (χ1) is 7.26. The molecule has 0 aromatic rings. The molecule has 0 fully saturated rings. The fourth-order valence-electron chi connectivity index (χ4n) is 1.29. The molecular formula is C9H17F3N2O2. The van der Waals surface area contributed by atoms with E-state index in [-0.39, 0.29) is 13.0 Å². The summed E-state index contributed by atoms with van der Waals surface area (Å²) < 4.78 is 35.9. The zero-order chi connectivity index (χ0) is 12.8. The highest BCUT2D eigenvalue weighted by atomic mass is 19.4. The highest BCUT2D eigenvalue weighted by molar-refractivity contribution is 5.73. The van der Waals surface area contributed by atoms with E-state index in [1.54, 1.807) is 6.92 Å².